The Balaban J connectivity index is -0.0000000239. The zero-order valence-corrected chi connectivity index (χ0v) is 18.2. The summed E-state index contributed by atoms with van der Waals surface area (Å²) in [6.07, 6.45) is -4.67. The maximum Gasteiger partial charge on any atom is 1.00 e. The van der Waals surface area contributed by atoms with Crippen LogP contribution in [0.2, 0.25) is 0 Å². The Morgan fingerprint density at radius 1 is 0.524 bits per heavy atom. The quantitative estimate of drug-likeness (QED) is 0.214. The van der Waals surface area contributed by atoms with Gasteiger partial charge in [0.25, 0.3) is 0 Å². The van der Waals surface area contributed by atoms with Crippen molar-refractivity contribution >= 4 is 33.1 Å². The molecule has 112 valence electrons. The second-order valence-corrected chi connectivity index (χ2v) is 2.95. The van der Waals surface area contributed by atoms with Crippen molar-refractivity contribution in [1.82, 2.24) is 0 Å². The van der Waals surface area contributed by atoms with Gasteiger partial charge in [0.05, 0.1) is 0 Å². The fourth-order valence-electron chi connectivity index (χ4n) is 0. The molecule has 0 atom stereocenters. The average Bonchev–Trinajstić information content (AvgIpc) is 1.70. The standard InChI is InChI=1S/2CH2O3.3Na.2H2O4S/c2*2-1(3)4;;;;2*1-5(2,3)4/h2*(H2,2,3,4);;;;2*(H2,1,2,3,4)/q;;3*+1;;/p-8. The molecule has 19 heteroatoms. The first-order valence-electron chi connectivity index (χ1n) is 2.56. The predicted octanol–water partition coefficient (Wildman–Crippen LogP) is -16.6. The summed E-state index contributed by atoms with van der Waals surface area (Å²) >= 11 is 0. The topological polar surface area (TPSA) is 287 Å². The van der Waals surface area contributed by atoms with Crippen molar-refractivity contribution in [2.24, 2.45) is 0 Å². The molecule has 21 heavy (non-hydrogen) atoms. The summed E-state index contributed by atoms with van der Waals surface area (Å²) < 4.78 is 68.2. The van der Waals surface area contributed by atoms with Crippen molar-refractivity contribution in [2.45, 2.75) is 0 Å². The minimum Gasteiger partial charge on any atom is -0.759 e. The summed E-state index contributed by atoms with van der Waals surface area (Å²) in [6.45, 7) is 0. The molecule has 0 amide bonds. The smallest absolute Gasteiger partial charge is 0.759 e. The average molecular weight is 381 g/mol. The van der Waals surface area contributed by atoms with Gasteiger partial charge < -0.3 is 48.2 Å². The van der Waals surface area contributed by atoms with Crippen LogP contribution in [0.5, 0.6) is 0 Å². The van der Waals surface area contributed by atoms with Crippen LogP contribution in [-0.2, 0) is 20.8 Å². The van der Waals surface area contributed by atoms with Gasteiger partial charge >= 0.3 is 88.7 Å². The van der Waals surface area contributed by atoms with E-state index in [0.717, 1.165) is 0 Å². The molecule has 0 fully saturated rings. The van der Waals surface area contributed by atoms with Gasteiger partial charge in [-0.15, -0.1) is 0 Å². The van der Waals surface area contributed by atoms with Crippen molar-refractivity contribution in [3.05, 3.63) is 0 Å². The van der Waals surface area contributed by atoms with Crippen molar-refractivity contribution in [3.8, 4) is 0 Å². The summed E-state index contributed by atoms with van der Waals surface area (Å²) in [5.74, 6) is 0. The van der Waals surface area contributed by atoms with E-state index in [1.165, 1.54) is 0 Å². The van der Waals surface area contributed by atoms with Crippen LogP contribution in [0.1, 0.15) is 0 Å². The molecule has 0 aliphatic carbocycles. The Kier molecular flexibility index (Phi) is 48.4. The van der Waals surface area contributed by atoms with Crippen molar-refractivity contribution < 1.29 is 154 Å². The van der Waals surface area contributed by atoms with Crippen LogP contribution in [0.3, 0.4) is 0 Å². The van der Waals surface area contributed by atoms with Gasteiger partial charge in [0.15, 0.2) is 0 Å². The third-order valence-electron chi connectivity index (χ3n) is 0. The van der Waals surface area contributed by atoms with E-state index < -0.39 is 33.1 Å². The molecular formula is C2Na3O14S2-5. The molecule has 0 spiro atoms. The second-order valence-electron chi connectivity index (χ2n) is 1.32. The van der Waals surface area contributed by atoms with Crippen LogP contribution < -0.4 is 109 Å². The third-order valence-corrected chi connectivity index (χ3v) is 0. The van der Waals surface area contributed by atoms with Gasteiger partial charge in [-0.25, -0.2) is 0 Å². The number of carbonyl (C=O) groups excluding carboxylic acids is 2. The summed E-state index contributed by atoms with van der Waals surface area (Å²) in [5.41, 5.74) is 0. The SMILES string of the molecule is O=C([O-])[O-].O=C([O-])[O-].O=S(=O)([O-])[O-].O=S(=O)([O-])[O-].[Na+].[Na+].[Na+]. The minimum atomic E-state index is -5.17. The van der Waals surface area contributed by atoms with Crippen LogP contribution in [0.15, 0.2) is 0 Å². The number of hydrogen-bond donors (Lipinski definition) is 0. The molecule has 0 rings (SSSR count). The summed E-state index contributed by atoms with van der Waals surface area (Å²) in [6, 6.07) is 0. The van der Waals surface area contributed by atoms with E-state index in [0.29, 0.717) is 0 Å². The Labute approximate surface area is 184 Å². The largest absolute Gasteiger partial charge is 1.00 e. The van der Waals surface area contributed by atoms with Crippen LogP contribution in [0.4, 0.5) is 9.59 Å². The van der Waals surface area contributed by atoms with Gasteiger partial charge in [-0.3, -0.25) is 16.8 Å². The van der Waals surface area contributed by atoms with Crippen LogP contribution >= 0.6 is 0 Å². The Morgan fingerprint density at radius 3 is 0.524 bits per heavy atom. The van der Waals surface area contributed by atoms with Gasteiger partial charge in [0.2, 0.25) is 0 Å². The van der Waals surface area contributed by atoms with Crippen molar-refractivity contribution in [2.75, 3.05) is 0 Å². The fourth-order valence-corrected chi connectivity index (χ4v) is 0. The van der Waals surface area contributed by atoms with Crippen LogP contribution in [-0.4, -0.2) is 47.4 Å². The molecule has 0 aromatic heterocycles. The molecule has 0 saturated carbocycles. The Hall–Kier alpha value is 1.28. The molecule has 14 nitrogen and oxygen atoms in total. The molecule has 0 N–H and O–H groups in total. The Morgan fingerprint density at radius 2 is 0.524 bits per heavy atom. The Bertz CT molecular complexity index is 357. The first-order chi connectivity index (χ1) is 7.46. The van der Waals surface area contributed by atoms with Gasteiger partial charge in [0, 0.05) is 20.8 Å². The second kappa shape index (κ2) is 23.5. The summed E-state index contributed by atoms with van der Waals surface area (Å²) in [4.78, 5) is 16.7. The molecule has 0 heterocycles. The number of carboxylic acid groups (broad SMARTS) is 4. The van der Waals surface area contributed by atoms with E-state index >= 15 is 0 Å². The van der Waals surface area contributed by atoms with E-state index in [9.17, 15) is 0 Å². The maximum atomic E-state index is 8.52. The zero-order chi connectivity index (χ0) is 16.2. The van der Waals surface area contributed by atoms with Crippen molar-refractivity contribution in [3.63, 3.8) is 0 Å². The molecule has 0 saturated heterocycles. The van der Waals surface area contributed by atoms with Gasteiger partial charge in [-0.2, -0.15) is 0 Å². The van der Waals surface area contributed by atoms with E-state index in [1.807, 2.05) is 0 Å². The molecule has 0 unspecified atom stereocenters. The molecule has 0 aromatic rings. The number of hydrogen-bond acceptors (Lipinski definition) is 14. The summed E-state index contributed by atoms with van der Waals surface area (Å²) in [7, 11) is -10.3. The maximum absolute atomic E-state index is 8.52. The van der Waals surface area contributed by atoms with Gasteiger partial charge in [-0.1, -0.05) is 0 Å². The van der Waals surface area contributed by atoms with E-state index in [2.05, 4.69) is 0 Å². The van der Waals surface area contributed by atoms with Crippen molar-refractivity contribution in [1.29, 1.82) is 0 Å². The van der Waals surface area contributed by atoms with Gasteiger partial charge in [-0.05, 0) is 12.3 Å². The monoisotopic (exact) mass is 381 g/mol. The normalized spacial score (nSPS) is 7.81. The first-order valence-corrected chi connectivity index (χ1v) is 5.22. The summed E-state index contributed by atoms with van der Waals surface area (Å²) in [5, 5.41) is 33.3. The zero-order valence-electron chi connectivity index (χ0n) is 10.5. The first kappa shape index (κ1) is 43.2. The van der Waals surface area contributed by atoms with E-state index in [-0.39, 0.29) is 88.7 Å². The van der Waals surface area contributed by atoms with Crippen LogP contribution in [0.25, 0.3) is 0 Å². The number of rotatable bonds is 0. The van der Waals surface area contributed by atoms with E-state index in [1.54, 1.807) is 0 Å². The third kappa shape index (κ3) is 4830. The van der Waals surface area contributed by atoms with E-state index in [4.69, 9.17) is 65.1 Å². The molecule has 0 radical (unpaired) electrons. The molecule has 0 aliphatic rings. The molecule has 0 aliphatic heterocycles. The van der Waals surface area contributed by atoms with Gasteiger partial charge in [0.1, 0.15) is 0 Å². The predicted molar refractivity (Wildman–Crippen MR) is 31.7 cm³/mol. The molecule has 0 bridgehead atoms. The number of carbonyl (C=O) groups is 2. The molecular weight excluding hydrogens is 381 g/mol. The fraction of sp³-hybridized carbons (Fsp3) is 0. The minimum absolute atomic E-state index is 0. The van der Waals surface area contributed by atoms with Crippen LogP contribution in [0, 0.1) is 0 Å². The molecule has 0 aromatic carbocycles.